The lowest BCUT2D eigenvalue weighted by atomic mass is 10.2. The van der Waals surface area contributed by atoms with E-state index >= 15 is 0 Å². The molecule has 5 heterocycles. The van der Waals surface area contributed by atoms with Crippen molar-refractivity contribution in [2.45, 2.75) is 25.8 Å². The van der Waals surface area contributed by atoms with Crippen molar-refractivity contribution in [1.29, 1.82) is 0 Å². The van der Waals surface area contributed by atoms with Crippen LogP contribution in [0.1, 0.15) is 30.1 Å². The Bertz CT molecular complexity index is 929. The number of hydrogen-bond donors (Lipinski definition) is 2. The van der Waals surface area contributed by atoms with E-state index in [4.69, 9.17) is 4.98 Å². The maximum atomic E-state index is 13.6. The number of piperazine rings is 1. The molecule has 3 aliphatic heterocycles. The van der Waals surface area contributed by atoms with Gasteiger partial charge < -0.3 is 25.3 Å². The van der Waals surface area contributed by atoms with Gasteiger partial charge in [0.15, 0.2) is 0 Å². The van der Waals surface area contributed by atoms with Gasteiger partial charge in [0, 0.05) is 58.1 Å². The van der Waals surface area contributed by atoms with Gasteiger partial charge in [-0.25, -0.2) is 4.98 Å². The highest BCUT2D eigenvalue weighted by Gasteiger charge is 2.37. The van der Waals surface area contributed by atoms with Gasteiger partial charge in [-0.3, -0.25) is 9.78 Å². The van der Waals surface area contributed by atoms with E-state index in [-0.39, 0.29) is 11.9 Å². The molecule has 2 aromatic rings. The zero-order chi connectivity index (χ0) is 20.5. The summed E-state index contributed by atoms with van der Waals surface area (Å²) >= 11 is 0. The molecule has 2 fully saturated rings. The van der Waals surface area contributed by atoms with Crippen LogP contribution in [0.2, 0.25) is 0 Å². The Labute approximate surface area is 176 Å². The van der Waals surface area contributed by atoms with E-state index in [2.05, 4.69) is 36.5 Å². The third-order valence-electron chi connectivity index (χ3n) is 6.12. The second-order valence-electron chi connectivity index (χ2n) is 8.00. The summed E-state index contributed by atoms with van der Waals surface area (Å²) < 4.78 is 0. The van der Waals surface area contributed by atoms with Crippen LogP contribution in [0.5, 0.6) is 0 Å². The summed E-state index contributed by atoms with van der Waals surface area (Å²) in [6, 6.07) is 2.34. The van der Waals surface area contributed by atoms with Crippen molar-refractivity contribution >= 4 is 29.0 Å². The van der Waals surface area contributed by atoms with E-state index in [1.807, 2.05) is 18.0 Å². The third kappa shape index (κ3) is 3.43. The summed E-state index contributed by atoms with van der Waals surface area (Å²) in [5, 5.41) is 6.54. The minimum absolute atomic E-state index is 0.0540. The lowest BCUT2D eigenvalue weighted by Gasteiger charge is -2.31. The SMILES string of the molecule is CCNc1ncc2c(n1)N1CCCC1CN(c1cncc(N3CCNCC3)c1)C2=O. The topological polar surface area (TPSA) is 89.5 Å². The Kier molecular flexibility index (Phi) is 5.12. The summed E-state index contributed by atoms with van der Waals surface area (Å²) in [5.41, 5.74) is 2.47. The maximum Gasteiger partial charge on any atom is 0.263 e. The molecule has 2 aromatic heterocycles. The number of amides is 1. The van der Waals surface area contributed by atoms with Gasteiger partial charge >= 0.3 is 0 Å². The van der Waals surface area contributed by atoms with Gasteiger partial charge in [0.2, 0.25) is 5.95 Å². The fourth-order valence-electron chi connectivity index (χ4n) is 4.61. The number of fused-ring (bicyclic) bond motifs is 3. The van der Waals surface area contributed by atoms with Gasteiger partial charge in [-0.15, -0.1) is 0 Å². The average Bonchev–Trinajstić information content (AvgIpc) is 3.22. The van der Waals surface area contributed by atoms with Gasteiger partial charge in [0.25, 0.3) is 5.91 Å². The largest absolute Gasteiger partial charge is 0.368 e. The maximum absolute atomic E-state index is 13.6. The predicted molar refractivity (Wildman–Crippen MR) is 118 cm³/mol. The van der Waals surface area contributed by atoms with Crippen LogP contribution in [-0.4, -0.2) is 72.7 Å². The number of anilines is 4. The monoisotopic (exact) mass is 408 g/mol. The molecule has 2 N–H and O–H groups in total. The number of nitrogens with zero attached hydrogens (tertiary/aromatic N) is 6. The van der Waals surface area contributed by atoms with E-state index in [1.54, 1.807) is 12.4 Å². The van der Waals surface area contributed by atoms with Crippen molar-refractivity contribution in [3.63, 3.8) is 0 Å². The van der Waals surface area contributed by atoms with Crippen molar-refractivity contribution < 1.29 is 4.79 Å². The highest BCUT2D eigenvalue weighted by molar-refractivity contribution is 6.10. The smallest absolute Gasteiger partial charge is 0.263 e. The predicted octanol–water partition coefficient (Wildman–Crippen LogP) is 1.34. The van der Waals surface area contributed by atoms with Gasteiger partial charge in [0.05, 0.1) is 23.8 Å². The number of nitrogens with one attached hydrogen (secondary N) is 2. The quantitative estimate of drug-likeness (QED) is 0.784. The molecule has 0 bridgehead atoms. The molecule has 9 heteroatoms. The van der Waals surface area contributed by atoms with Gasteiger partial charge in [0.1, 0.15) is 11.4 Å². The van der Waals surface area contributed by atoms with Crippen LogP contribution in [0.15, 0.2) is 24.7 Å². The molecule has 9 nitrogen and oxygen atoms in total. The Morgan fingerprint density at radius 1 is 1.17 bits per heavy atom. The van der Waals surface area contributed by atoms with E-state index < -0.39 is 0 Å². The zero-order valence-corrected chi connectivity index (χ0v) is 17.3. The van der Waals surface area contributed by atoms with E-state index in [9.17, 15) is 4.79 Å². The van der Waals surface area contributed by atoms with Crippen LogP contribution < -0.4 is 25.3 Å². The van der Waals surface area contributed by atoms with Crippen molar-refractivity contribution in [3.8, 4) is 0 Å². The number of carbonyl (C=O) groups excluding carboxylic acids is 1. The molecule has 30 heavy (non-hydrogen) atoms. The standard InChI is InChI=1S/C21H28N8O/c1-2-24-21-25-13-18-19(26-21)28-7-3-4-15(28)14-29(20(18)30)17-10-16(11-23-12-17)27-8-5-22-6-9-27/h10-13,15,22H,2-9,14H2,1H3,(H,24,25,26). The second-order valence-corrected chi connectivity index (χ2v) is 8.00. The highest BCUT2D eigenvalue weighted by Crippen LogP contribution is 2.34. The van der Waals surface area contributed by atoms with E-state index in [0.29, 0.717) is 18.1 Å². The minimum Gasteiger partial charge on any atom is -0.368 e. The van der Waals surface area contributed by atoms with Crippen molar-refractivity contribution in [2.24, 2.45) is 0 Å². The van der Waals surface area contributed by atoms with Crippen LogP contribution in [0.25, 0.3) is 0 Å². The molecular weight excluding hydrogens is 380 g/mol. The minimum atomic E-state index is -0.0540. The Balaban J connectivity index is 1.51. The van der Waals surface area contributed by atoms with Crippen LogP contribution >= 0.6 is 0 Å². The third-order valence-corrected chi connectivity index (χ3v) is 6.12. The second kappa shape index (κ2) is 8.06. The number of carbonyl (C=O) groups is 1. The first-order valence-electron chi connectivity index (χ1n) is 10.8. The van der Waals surface area contributed by atoms with Crippen LogP contribution in [0.3, 0.4) is 0 Å². The number of pyridine rings is 1. The van der Waals surface area contributed by atoms with E-state index in [0.717, 1.165) is 69.3 Å². The Hall–Kier alpha value is -2.94. The fourth-order valence-corrected chi connectivity index (χ4v) is 4.61. The van der Waals surface area contributed by atoms with Crippen molar-refractivity contribution in [1.82, 2.24) is 20.3 Å². The van der Waals surface area contributed by atoms with E-state index in [1.165, 1.54) is 0 Å². The molecule has 158 valence electrons. The van der Waals surface area contributed by atoms with Crippen LogP contribution in [0.4, 0.5) is 23.1 Å². The van der Waals surface area contributed by atoms with Crippen LogP contribution in [-0.2, 0) is 0 Å². The normalized spacial score (nSPS) is 21.3. The Morgan fingerprint density at radius 2 is 2.00 bits per heavy atom. The van der Waals surface area contributed by atoms with Gasteiger partial charge in [-0.1, -0.05) is 0 Å². The molecule has 1 unspecified atom stereocenters. The first-order valence-corrected chi connectivity index (χ1v) is 10.8. The average molecular weight is 409 g/mol. The zero-order valence-electron chi connectivity index (χ0n) is 17.3. The summed E-state index contributed by atoms with van der Waals surface area (Å²) in [6.07, 6.45) is 7.50. The van der Waals surface area contributed by atoms with Gasteiger partial charge in [-0.2, -0.15) is 4.98 Å². The molecule has 0 spiro atoms. The molecule has 1 amide bonds. The number of hydrogen-bond acceptors (Lipinski definition) is 8. The van der Waals surface area contributed by atoms with Crippen LogP contribution in [0, 0.1) is 0 Å². The summed E-state index contributed by atoms with van der Waals surface area (Å²) in [7, 11) is 0. The lowest BCUT2D eigenvalue weighted by Crippen LogP contribution is -2.43. The summed E-state index contributed by atoms with van der Waals surface area (Å²) in [6.45, 7) is 8.12. The molecule has 5 rings (SSSR count). The van der Waals surface area contributed by atoms with Crippen molar-refractivity contribution in [3.05, 3.63) is 30.2 Å². The first-order chi connectivity index (χ1) is 14.7. The molecule has 0 radical (unpaired) electrons. The molecular formula is C21H28N8O. The molecule has 0 aliphatic carbocycles. The molecule has 1 atom stereocenters. The van der Waals surface area contributed by atoms with Crippen molar-refractivity contribution in [2.75, 3.05) is 65.8 Å². The number of rotatable bonds is 4. The fraction of sp³-hybridized carbons (Fsp3) is 0.524. The summed E-state index contributed by atoms with van der Waals surface area (Å²) in [5.74, 6) is 1.27. The lowest BCUT2D eigenvalue weighted by molar-refractivity contribution is 0.0988. The summed E-state index contributed by atoms with van der Waals surface area (Å²) in [4.78, 5) is 33.6. The molecule has 0 saturated carbocycles. The Morgan fingerprint density at radius 3 is 2.83 bits per heavy atom. The highest BCUT2D eigenvalue weighted by atomic mass is 16.2. The number of aromatic nitrogens is 3. The molecule has 2 saturated heterocycles. The molecule has 3 aliphatic rings. The first kappa shape index (κ1) is 19.0. The molecule has 0 aromatic carbocycles. The van der Waals surface area contributed by atoms with Gasteiger partial charge in [-0.05, 0) is 25.8 Å².